The Morgan fingerprint density at radius 3 is 2.38 bits per heavy atom. The standard InChI is InChI=1S/C15H21F3N4O2/c1-20-14(22-9-7-15(16,17)18)21-8-6-11-2-4-12(5-3-11)24-10-13(19)23/h2-5H,6-10H2,1H3,(H2,19,23)(H2,20,21,22). The Kier molecular flexibility index (Phi) is 7.87. The molecule has 134 valence electrons. The smallest absolute Gasteiger partial charge is 0.390 e. The fraction of sp³-hybridized carbons (Fsp3) is 0.467. The van der Waals surface area contributed by atoms with Crippen molar-refractivity contribution in [3.63, 3.8) is 0 Å². The third-order valence-electron chi connectivity index (χ3n) is 2.94. The zero-order chi connectivity index (χ0) is 18.0. The van der Waals surface area contributed by atoms with Crippen LogP contribution >= 0.6 is 0 Å². The number of primary amides is 1. The Morgan fingerprint density at radius 1 is 1.21 bits per heavy atom. The molecule has 0 aliphatic rings. The van der Waals surface area contributed by atoms with E-state index in [-0.39, 0.29) is 13.2 Å². The first-order chi connectivity index (χ1) is 11.3. The van der Waals surface area contributed by atoms with Gasteiger partial charge in [0.05, 0.1) is 6.42 Å². The summed E-state index contributed by atoms with van der Waals surface area (Å²) in [4.78, 5) is 14.5. The summed E-state index contributed by atoms with van der Waals surface area (Å²) in [5.74, 6) is 0.309. The van der Waals surface area contributed by atoms with E-state index in [2.05, 4.69) is 15.6 Å². The van der Waals surface area contributed by atoms with Gasteiger partial charge in [-0.15, -0.1) is 0 Å². The van der Waals surface area contributed by atoms with E-state index in [1.54, 1.807) is 12.1 Å². The van der Waals surface area contributed by atoms with Crippen LogP contribution < -0.4 is 21.1 Å². The van der Waals surface area contributed by atoms with Crippen molar-refractivity contribution < 1.29 is 22.7 Å². The van der Waals surface area contributed by atoms with Gasteiger partial charge in [-0.05, 0) is 24.1 Å². The summed E-state index contributed by atoms with van der Waals surface area (Å²) in [6.07, 6.45) is -4.46. The van der Waals surface area contributed by atoms with Crippen LogP contribution in [-0.4, -0.2) is 44.8 Å². The Labute approximate surface area is 138 Å². The van der Waals surface area contributed by atoms with Crippen molar-refractivity contribution in [3.8, 4) is 5.75 Å². The van der Waals surface area contributed by atoms with E-state index < -0.39 is 18.5 Å². The lowest BCUT2D eigenvalue weighted by atomic mass is 10.1. The molecule has 0 atom stereocenters. The number of amides is 1. The molecule has 9 heteroatoms. The Balaban J connectivity index is 2.31. The number of ether oxygens (including phenoxy) is 1. The Bertz CT molecular complexity index is 545. The van der Waals surface area contributed by atoms with Gasteiger partial charge in [0.15, 0.2) is 12.6 Å². The van der Waals surface area contributed by atoms with Gasteiger partial charge >= 0.3 is 6.18 Å². The number of hydrogen-bond donors (Lipinski definition) is 3. The van der Waals surface area contributed by atoms with Gasteiger partial charge in [-0.3, -0.25) is 9.79 Å². The quantitative estimate of drug-likeness (QED) is 0.488. The highest BCUT2D eigenvalue weighted by Gasteiger charge is 2.26. The number of rotatable bonds is 8. The second-order valence-corrected chi connectivity index (χ2v) is 4.94. The Hall–Kier alpha value is -2.45. The van der Waals surface area contributed by atoms with E-state index >= 15 is 0 Å². The minimum atomic E-state index is -4.19. The second-order valence-electron chi connectivity index (χ2n) is 4.94. The van der Waals surface area contributed by atoms with Crippen LogP contribution in [-0.2, 0) is 11.2 Å². The minimum absolute atomic E-state index is 0.180. The van der Waals surface area contributed by atoms with E-state index in [0.29, 0.717) is 24.7 Å². The predicted octanol–water partition coefficient (Wildman–Crippen LogP) is 1.21. The number of benzene rings is 1. The van der Waals surface area contributed by atoms with Crippen LogP contribution in [0, 0.1) is 0 Å². The third-order valence-corrected chi connectivity index (χ3v) is 2.94. The molecule has 0 saturated heterocycles. The zero-order valence-electron chi connectivity index (χ0n) is 13.3. The molecular weight excluding hydrogens is 325 g/mol. The normalized spacial score (nSPS) is 11.9. The predicted molar refractivity (Wildman–Crippen MR) is 84.9 cm³/mol. The molecule has 24 heavy (non-hydrogen) atoms. The van der Waals surface area contributed by atoms with Crippen LogP contribution in [0.2, 0.25) is 0 Å². The summed E-state index contributed by atoms with van der Waals surface area (Å²) in [5, 5.41) is 5.54. The zero-order valence-corrected chi connectivity index (χ0v) is 13.3. The molecule has 6 nitrogen and oxygen atoms in total. The average Bonchev–Trinajstić information content (AvgIpc) is 2.51. The van der Waals surface area contributed by atoms with Gasteiger partial charge in [0, 0.05) is 20.1 Å². The molecule has 0 heterocycles. The fourth-order valence-electron chi connectivity index (χ4n) is 1.78. The maximum Gasteiger partial charge on any atom is 0.390 e. The van der Waals surface area contributed by atoms with Crippen molar-refractivity contribution in [2.24, 2.45) is 10.7 Å². The van der Waals surface area contributed by atoms with E-state index in [1.165, 1.54) is 7.05 Å². The number of carbonyl (C=O) groups excluding carboxylic acids is 1. The van der Waals surface area contributed by atoms with Crippen LogP contribution in [0.4, 0.5) is 13.2 Å². The molecule has 0 spiro atoms. The summed E-state index contributed by atoms with van der Waals surface area (Å²) in [7, 11) is 1.49. The SMILES string of the molecule is CN=C(NCCc1ccc(OCC(N)=O)cc1)NCCC(F)(F)F. The van der Waals surface area contributed by atoms with Crippen LogP contribution in [0.3, 0.4) is 0 Å². The Morgan fingerprint density at radius 2 is 1.83 bits per heavy atom. The van der Waals surface area contributed by atoms with Gasteiger partial charge < -0.3 is 21.1 Å². The highest BCUT2D eigenvalue weighted by Crippen LogP contribution is 2.18. The largest absolute Gasteiger partial charge is 0.484 e. The summed E-state index contributed by atoms with van der Waals surface area (Å²) in [5.41, 5.74) is 5.98. The van der Waals surface area contributed by atoms with Gasteiger partial charge in [-0.2, -0.15) is 13.2 Å². The molecule has 0 aliphatic carbocycles. The van der Waals surface area contributed by atoms with E-state index in [1.807, 2.05) is 12.1 Å². The van der Waals surface area contributed by atoms with E-state index in [4.69, 9.17) is 10.5 Å². The van der Waals surface area contributed by atoms with Crippen molar-refractivity contribution in [3.05, 3.63) is 29.8 Å². The first-order valence-electron chi connectivity index (χ1n) is 7.31. The van der Waals surface area contributed by atoms with Crippen molar-refractivity contribution in [1.82, 2.24) is 10.6 Å². The maximum atomic E-state index is 12.1. The maximum absolute atomic E-state index is 12.1. The molecule has 0 saturated carbocycles. The topological polar surface area (TPSA) is 88.7 Å². The number of aliphatic imine (C=N–C) groups is 1. The number of alkyl halides is 3. The molecule has 1 rings (SSSR count). The average molecular weight is 346 g/mol. The van der Waals surface area contributed by atoms with Gasteiger partial charge in [0.1, 0.15) is 5.75 Å². The molecule has 1 aromatic rings. The number of nitrogens with one attached hydrogen (secondary N) is 2. The summed E-state index contributed by atoms with van der Waals surface area (Å²) < 4.78 is 41.4. The minimum Gasteiger partial charge on any atom is -0.484 e. The number of guanidine groups is 1. The third kappa shape index (κ3) is 8.86. The highest BCUT2D eigenvalue weighted by molar-refractivity contribution is 5.79. The molecule has 0 aliphatic heterocycles. The monoisotopic (exact) mass is 346 g/mol. The molecule has 0 radical (unpaired) electrons. The summed E-state index contributed by atoms with van der Waals surface area (Å²) in [6.45, 7) is 0.100. The number of nitrogens with zero attached hydrogens (tertiary/aromatic N) is 1. The first kappa shape index (κ1) is 19.6. The number of halogens is 3. The van der Waals surface area contributed by atoms with Crippen molar-refractivity contribution >= 4 is 11.9 Å². The van der Waals surface area contributed by atoms with Crippen LogP contribution in [0.25, 0.3) is 0 Å². The lowest BCUT2D eigenvalue weighted by Crippen LogP contribution is -2.39. The number of nitrogens with two attached hydrogens (primary N) is 1. The van der Waals surface area contributed by atoms with E-state index in [9.17, 15) is 18.0 Å². The molecule has 0 fully saturated rings. The number of hydrogen-bond acceptors (Lipinski definition) is 3. The fourth-order valence-corrected chi connectivity index (χ4v) is 1.78. The first-order valence-corrected chi connectivity index (χ1v) is 7.31. The second kappa shape index (κ2) is 9.64. The summed E-state index contributed by atoms with van der Waals surface area (Å²) in [6, 6.07) is 7.10. The van der Waals surface area contributed by atoms with Gasteiger partial charge in [0.2, 0.25) is 0 Å². The molecular formula is C15H21F3N4O2. The molecule has 0 unspecified atom stereocenters. The van der Waals surface area contributed by atoms with Crippen molar-refractivity contribution in [2.75, 3.05) is 26.7 Å². The van der Waals surface area contributed by atoms with Gasteiger partial charge in [0.25, 0.3) is 5.91 Å². The molecule has 1 amide bonds. The van der Waals surface area contributed by atoms with E-state index in [0.717, 1.165) is 5.56 Å². The van der Waals surface area contributed by atoms with Gasteiger partial charge in [-0.1, -0.05) is 12.1 Å². The number of carbonyl (C=O) groups is 1. The summed E-state index contributed by atoms with van der Waals surface area (Å²) >= 11 is 0. The molecule has 0 bridgehead atoms. The lowest BCUT2D eigenvalue weighted by Gasteiger charge is -2.13. The van der Waals surface area contributed by atoms with Gasteiger partial charge in [-0.25, -0.2) is 0 Å². The van der Waals surface area contributed by atoms with Crippen LogP contribution in [0.5, 0.6) is 5.75 Å². The molecule has 0 aromatic heterocycles. The lowest BCUT2D eigenvalue weighted by molar-refractivity contribution is -0.132. The molecule has 1 aromatic carbocycles. The van der Waals surface area contributed by atoms with Crippen molar-refractivity contribution in [1.29, 1.82) is 0 Å². The molecule has 4 N–H and O–H groups in total. The highest BCUT2D eigenvalue weighted by atomic mass is 19.4. The van der Waals surface area contributed by atoms with Crippen LogP contribution in [0.15, 0.2) is 29.3 Å². The van der Waals surface area contributed by atoms with Crippen LogP contribution in [0.1, 0.15) is 12.0 Å². The van der Waals surface area contributed by atoms with Crippen molar-refractivity contribution in [2.45, 2.75) is 19.0 Å².